The highest BCUT2D eigenvalue weighted by Crippen LogP contribution is 2.28. The Bertz CT molecular complexity index is 745. The summed E-state index contributed by atoms with van der Waals surface area (Å²) in [6.07, 6.45) is 4.71. The summed E-state index contributed by atoms with van der Waals surface area (Å²) in [7, 11) is 0. The van der Waals surface area contributed by atoms with Crippen molar-refractivity contribution in [1.82, 2.24) is 10.2 Å². The third kappa shape index (κ3) is 4.91. The summed E-state index contributed by atoms with van der Waals surface area (Å²) >= 11 is 0. The Kier molecular flexibility index (Phi) is 7.22. The van der Waals surface area contributed by atoms with Crippen LogP contribution in [0.4, 0.5) is 10.5 Å². The molecule has 1 atom stereocenters. The number of hydrogen-bond donors (Lipinski definition) is 2. The van der Waals surface area contributed by atoms with Gasteiger partial charge in [-0.1, -0.05) is 64.7 Å². The molecule has 1 aromatic rings. The number of carbonyl (C=O) groups is 3. The van der Waals surface area contributed by atoms with Gasteiger partial charge in [0.05, 0.1) is 0 Å². The zero-order chi connectivity index (χ0) is 20.9. The molecule has 1 saturated heterocycles. The molecule has 1 aromatic carbocycles. The number of anilines is 1. The molecular formula is C22H33N3O3. The zero-order valence-electron chi connectivity index (χ0n) is 17.7. The number of nitrogens with zero attached hydrogens (tertiary/aromatic N) is 1. The van der Waals surface area contributed by atoms with E-state index in [4.69, 9.17) is 0 Å². The minimum Gasteiger partial charge on any atom is -0.324 e. The first-order valence-corrected chi connectivity index (χ1v) is 10.2. The molecule has 1 fully saturated rings. The van der Waals surface area contributed by atoms with E-state index in [1.54, 1.807) is 6.92 Å². The van der Waals surface area contributed by atoms with Gasteiger partial charge in [0.25, 0.3) is 5.91 Å². The molecule has 6 nitrogen and oxygen atoms in total. The topological polar surface area (TPSA) is 78.5 Å². The number of hydrogen-bond acceptors (Lipinski definition) is 3. The van der Waals surface area contributed by atoms with E-state index in [1.165, 1.54) is 0 Å². The van der Waals surface area contributed by atoms with Crippen LogP contribution in [0.25, 0.3) is 0 Å². The molecular weight excluding hydrogens is 354 g/mol. The molecule has 1 unspecified atom stereocenters. The molecule has 2 N–H and O–H groups in total. The molecule has 0 aromatic heterocycles. The predicted octanol–water partition coefficient (Wildman–Crippen LogP) is 4.34. The molecule has 2 rings (SSSR count). The lowest BCUT2D eigenvalue weighted by Crippen LogP contribution is -2.44. The van der Waals surface area contributed by atoms with Gasteiger partial charge < -0.3 is 10.6 Å². The molecule has 28 heavy (non-hydrogen) atoms. The van der Waals surface area contributed by atoms with Crippen LogP contribution in [0.15, 0.2) is 18.2 Å². The Morgan fingerprint density at radius 3 is 2.57 bits per heavy atom. The summed E-state index contributed by atoms with van der Waals surface area (Å²) in [5, 5.41) is 5.68. The van der Waals surface area contributed by atoms with Gasteiger partial charge in [0.1, 0.15) is 12.1 Å². The van der Waals surface area contributed by atoms with Crippen molar-refractivity contribution in [1.29, 1.82) is 0 Å². The summed E-state index contributed by atoms with van der Waals surface area (Å²) in [4.78, 5) is 38.8. The van der Waals surface area contributed by atoms with Crippen LogP contribution >= 0.6 is 0 Å². The van der Waals surface area contributed by atoms with Crippen molar-refractivity contribution in [3.63, 3.8) is 0 Å². The summed E-state index contributed by atoms with van der Waals surface area (Å²) in [5.41, 5.74) is 1.83. The number of nitrogens with one attached hydrogen (secondary N) is 2. The van der Waals surface area contributed by atoms with Gasteiger partial charge in [0, 0.05) is 5.69 Å². The number of rotatable bonds is 9. The fourth-order valence-corrected chi connectivity index (χ4v) is 3.63. The second-order valence-electron chi connectivity index (χ2n) is 8.21. The molecule has 4 amide bonds. The molecule has 0 radical (unpaired) electrons. The Balaban J connectivity index is 2.05. The zero-order valence-corrected chi connectivity index (χ0v) is 17.7. The molecule has 154 valence electrons. The highest BCUT2D eigenvalue weighted by Gasteiger charge is 2.47. The van der Waals surface area contributed by atoms with E-state index in [0.29, 0.717) is 6.42 Å². The van der Waals surface area contributed by atoms with Gasteiger partial charge in [-0.2, -0.15) is 0 Å². The Hall–Kier alpha value is -2.37. The van der Waals surface area contributed by atoms with E-state index in [1.807, 2.05) is 25.1 Å². The Labute approximate surface area is 168 Å². The van der Waals surface area contributed by atoms with Gasteiger partial charge in [-0.25, -0.2) is 4.79 Å². The molecule has 1 heterocycles. The molecule has 6 heteroatoms. The van der Waals surface area contributed by atoms with Crippen LogP contribution in [0.3, 0.4) is 0 Å². The molecule has 0 spiro atoms. The number of benzene rings is 1. The fourth-order valence-electron chi connectivity index (χ4n) is 3.63. The lowest BCUT2D eigenvalue weighted by atomic mass is 9.94. The second-order valence-corrected chi connectivity index (χ2v) is 8.21. The molecule has 0 saturated carbocycles. The third-order valence-electron chi connectivity index (χ3n) is 5.37. The van der Waals surface area contributed by atoms with Crippen LogP contribution in [-0.2, 0) is 9.59 Å². The van der Waals surface area contributed by atoms with Crippen molar-refractivity contribution in [2.24, 2.45) is 0 Å². The smallest absolute Gasteiger partial charge is 0.324 e. The predicted molar refractivity (Wildman–Crippen MR) is 111 cm³/mol. The maximum Gasteiger partial charge on any atom is 0.325 e. The van der Waals surface area contributed by atoms with Gasteiger partial charge in [0.2, 0.25) is 5.91 Å². The lowest BCUT2D eigenvalue weighted by Gasteiger charge is -2.22. The van der Waals surface area contributed by atoms with Gasteiger partial charge in [-0.15, -0.1) is 0 Å². The highest BCUT2D eigenvalue weighted by atomic mass is 16.2. The van der Waals surface area contributed by atoms with Crippen molar-refractivity contribution in [3.8, 4) is 0 Å². The van der Waals surface area contributed by atoms with E-state index in [9.17, 15) is 14.4 Å². The largest absolute Gasteiger partial charge is 0.325 e. The minimum atomic E-state index is -0.920. The number of carbonyl (C=O) groups excluding carboxylic acids is 3. The van der Waals surface area contributed by atoms with E-state index in [0.717, 1.165) is 47.4 Å². The van der Waals surface area contributed by atoms with Crippen molar-refractivity contribution in [2.75, 3.05) is 11.9 Å². The summed E-state index contributed by atoms with van der Waals surface area (Å²) in [6.45, 7) is 9.65. The number of unbranched alkanes of at least 4 members (excludes halogenated alkanes) is 3. The van der Waals surface area contributed by atoms with Gasteiger partial charge in [0.15, 0.2) is 0 Å². The highest BCUT2D eigenvalue weighted by molar-refractivity contribution is 6.10. The van der Waals surface area contributed by atoms with E-state index in [-0.39, 0.29) is 24.3 Å². The number of amides is 4. The number of para-hydroxylation sites is 1. The van der Waals surface area contributed by atoms with E-state index < -0.39 is 11.6 Å². The maximum atomic E-state index is 12.8. The molecule has 1 aliphatic heterocycles. The van der Waals surface area contributed by atoms with Crippen molar-refractivity contribution in [3.05, 3.63) is 29.3 Å². The van der Waals surface area contributed by atoms with E-state index in [2.05, 4.69) is 31.4 Å². The standard InChI is InChI=1S/C22H33N3O3/c1-6-7-8-9-13-22(5)20(27)25(21(28)24-22)14-18(26)23-19-16(4)11-10-12-17(19)15(2)3/h10-12,15H,6-9,13-14H2,1-5H3,(H,23,26)(H,24,28). The Morgan fingerprint density at radius 1 is 1.21 bits per heavy atom. The fraction of sp³-hybridized carbons (Fsp3) is 0.591. The third-order valence-corrected chi connectivity index (χ3v) is 5.37. The summed E-state index contributed by atoms with van der Waals surface area (Å²) in [6, 6.07) is 5.38. The SMILES string of the molecule is CCCCCCC1(C)NC(=O)N(CC(=O)Nc2c(C)cccc2C(C)C)C1=O. The average Bonchev–Trinajstić information content (AvgIpc) is 2.84. The van der Waals surface area contributed by atoms with Crippen LogP contribution < -0.4 is 10.6 Å². The van der Waals surface area contributed by atoms with Gasteiger partial charge in [-0.05, 0) is 37.3 Å². The first kappa shape index (κ1) is 21.9. The normalized spacial score (nSPS) is 19.3. The lowest BCUT2D eigenvalue weighted by molar-refractivity contribution is -0.133. The summed E-state index contributed by atoms with van der Waals surface area (Å²) in [5.74, 6) is -0.439. The number of aryl methyl sites for hydroxylation is 1. The molecule has 0 aliphatic carbocycles. The van der Waals surface area contributed by atoms with E-state index >= 15 is 0 Å². The minimum absolute atomic E-state index is 0.248. The average molecular weight is 388 g/mol. The van der Waals surface area contributed by atoms with Crippen LogP contribution in [0.5, 0.6) is 0 Å². The first-order valence-electron chi connectivity index (χ1n) is 10.2. The molecule has 0 bridgehead atoms. The number of urea groups is 1. The van der Waals surface area contributed by atoms with Gasteiger partial charge >= 0.3 is 6.03 Å². The van der Waals surface area contributed by atoms with Crippen LogP contribution in [-0.4, -0.2) is 34.8 Å². The monoisotopic (exact) mass is 387 g/mol. The van der Waals surface area contributed by atoms with Crippen molar-refractivity contribution >= 4 is 23.5 Å². The van der Waals surface area contributed by atoms with Crippen LogP contribution in [0.1, 0.15) is 76.8 Å². The van der Waals surface area contributed by atoms with Gasteiger partial charge in [-0.3, -0.25) is 14.5 Å². The quantitative estimate of drug-likeness (QED) is 0.489. The molecule has 1 aliphatic rings. The van der Waals surface area contributed by atoms with Crippen molar-refractivity contribution < 1.29 is 14.4 Å². The summed E-state index contributed by atoms with van der Waals surface area (Å²) < 4.78 is 0. The Morgan fingerprint density at radius 2 is 1.93 bits per heavy atom. The maximum absolute atomic E-state index is 12.8. The number of imide groups is 1. The van der Waals surface area contributed by atoms with Crippen LogP contribution in [0, 0.1) is 6.92 Å². The van der Waals surface area contributed by atoms with Crippen LogP contribution in [0.2, 0.25) is 0 Å². The van der Waals surface area contributed by atoms with Crippen molar-refractivity contribution in [2.45, 2.75) is 78.2 Å². The second kappa shape index (κ2) is 9.22. The first-order chi connectivity index (χ1) is 13.2.